The molecule has 1 aliphatic heterocycles. The molecule has 5 heteroatoms. The van der Waals surface area contributed by atoms with Crippen molar-refractivity contribution in [2.24, 2.45) is 5.92 Å². The van der Waals surface area contributed by atoms with Crippen LogP contribution >= 0.6 is 0 Å². The number of rotatable bonds is 6. The third-order valence-corrected chi connectivity index (χ3v) is 5.51. The van der Waals surface area contributed by atoms with E-state index in [9.17, 15) is 9.59 Å². The Hall–Kier alpha value is -2.66. The molecule has 0 fully saturated rings. The molecule has 2 aromatic rings. The van der Waals surface area contributed by atoms with Gasteiger partial charge in [0.25, 0.3) is 0 Å². The van der Waals surface area contributed by atoms with Gasteiger partial charge in [-0.1, -0.05) is 62.2 Å². The summed E-state index contributed by atoms with van der Waals surface area (Å²) in [4.78, 5) is 25.8. The van der Waals surface area contributed by atoms with Gasteiger partial charge in [-0.05, 0) is 42.5 Å². The van der Waals surface area contributed by atoms with Crippen LogP contribution in [0.4, 0.5) is 5.69 Å². The molecular weight excluding hydrogens is 350 g/mol. The molecule has 0 bridgehead atoms. The summed E-state index contributed by atoms with van der Waals surface area (Å²) in [5.74, 6) is -0.271. The molecule has 2 amide bonds. The molecule has 0 saturated carbocycles. The summed E-state index contributed by atoms with van der Waals surface area (Å²) in [6, 6.07) is 14.9. The van der Waals surface area contributed by atoms with E-state index in [-0.39, 0.29) is 23.8 Å². The summed E-state index contributed by atoms with van der Waals surface area (Å²) in [5.41, 5.74) is 4.28. The summed E-state index contributed by atoms with van der Waals surface area (Å²) in [6.07, 6.45) is 1.43. The van der Waals surface area contributed by atoms with Crippen LogP contribution in [0.3, 0.4) is 0 Å². The maximum absolute atomic E-state index is 12.9. The van der Waals surface area contributed by atoms with Crippen LogP contribution in [0.15, 0.2) is 48.5 Å². The number of amides is 2. The molecule has 0 aromatic heterocycles. The van der Waals surface area contributed by atoms with Crippen LogP contribution in [0.2, 0.25) is 0 Å². The third kappa shape index (κ3) is 4.78. The fourth-order valence-electron chi connectivity index (χ4n) is 3.45. The fraction of sp³-hybridized carbons (Fsp3) is 0.391. The lowest BCUT2D eigenvalue weighted by Crippen LogP contribution is -2.55. The third-order valence-electron chi connectivity index (χ3n) is 5.51. The number of carbonyl (C=O) groups excluding carboxylic acids is 2. The molecule has 5 nitrogen and oxygen atoms in total. The monoisotopic (exact) mass is 379 g/mol. The van der Waals surface area contributed by atoms with Crippen molar-refractivity contribution < 1.29 is 9.59 Å². The van der Waals surface area contributed by atoms with Gasteiger partial charge in [0.2, 0.25) is 11.8 Å². The van der Waals surface area contributed by atoms with Crippen molar-refractivity contribution in [3.63, 3.8) is 0 Å². The van der Waals surface area contributed by atoms with Gasteiger partial charge < -0.3 is 16.0 Å². The molecule has 0 spiro atoms. The largest absolute Gasteiger partial charge is 0.343 e. The van der Waals surface area contributed by atoms with Gasteiger partial charge in [0.1, 0.15) is 6.04 Å². The van der Waals surface area contributed by atoms with E-state index in [1.54, 1.807) is 0 Å². The van der Waals surface area contributed by atoms with Gasteiger partial charge in [0.15, 0.2) is 0 Å². The van der Waals surface area contributed by atoms with E-state index in [0.29, 0.717) is 13.0 Å². The highest BCUT2D eigenvalue weighted by molar-refractivity contribution is 5.98. The molecule has 3 N–H and O–H groups in total. The highest BCUT2D eigenvalue weighted by atomic mass is 16.2. The highest BCUT2D eigenvalue weighted by Gasteiger charge is 2.30. The average Bonchev–Trinajstić information content (AvgIpc) is 2.72. The highest BCUT2D eigenvalue weighted by Crippen LogP contribution is 2.18. The lowest BCUT2D eigenvalue weighted by Gasteiger charge is -2.29. The van der Waals surface area contributed by atoms with Crippen LogP contribution in [0.1, 0.15) is 37.0 Å². The van der Waals surface area contributed by atoms with Gasteiger partial charge in [-0.3, -0.25) is 9.59 Å². The molecule has 0 radical (unpaired) electrons. The van der Waals surface area contributed by atoms with Crippen LogP contribution < -0.4 is 16.0 Å². The summed E-state index contributed by atoms with van der Waals surface area (Å²) < 4.78 is 0. The maximum Gasteiger partial charge on any atom is 0.247 e. The van der Waals surface area contributed by atoms with E-state index in [1.165, 1.54) is 11.1 Å². The van der Waals surface area contributed by atoms with Crippen LogP contribution in [0.5, 0.6) is 0 Å². The lowest BCUT2D eigenvalue weighted by molar-refractivity contribution is -0.129. The Morgan fingerprint density at radius 1 is 1.11 bits per heavy atom. The zero-order valence-corrected chi connectivity index (χ0v) is 16.8. The molecule has 1 heterocycles. The van der Waals surface area contributed by atoms with E-state index in [1.807, 2.05) is 57.2 Å². The topological polar surface area (TPSA) is 70.2 Å². The number of hydrogen-bond acceptors (Lipinski definition) is 3. The van der Waals surface area contributed by atoms with E-state index in [0.717, 1.165) is 17.7 Å². The summed E-state index contributed by atoms with van der Waals surface area (Å²) in [6.45, 7) is 6.68. The minimum atomic E-state index is -0.572. The van der Waals surface area contributed by atoms with Gasteiger partial charge in [-0.25, -0.2) is 0 Å². The zero-order valence-electron chi connectivity index (χ0n) is 16.8. The Kier molecular flexibility index (Phi) is 6.47. The standard InChI is InChI=1S/C23H29N3O2/c1-4-16(3)21(23(28)25-19-11-9-15(2)10-12-19)26-22(27)20-13-17-7-5-6-8-18(17)14-24-20/h5-12,16,20-21,24H,4,13-14H2,1-3H3,(H,25,28)(H,26,27)/t16-,20-,21-/m0/s1. The molecule has 0 saturated heterocycles. The first kappa shape index (κ1) is 20.1. The van der Waals surface area contributed by atoms with Crippen molar-refractivity contribution in [1.29, 1.82) is 0 Å². The number of carbonyl (C=O) groups is 2. The van der Waals surface area contributed by atoms with Crippen molar-refractivity contribution in [3.05, 3.63) is 65.2 Å². The molecule has 3 rings (SSSR count). The predicted octanol–water partition coefficient (Wildman–Crippen LogP) is 3.18. The first-order valence-electron chi connectivity index (χ1n) is 9.96. The van der Waals surface area contributed by atoms with Crippen LogP contribution in [-0.4, -0.2) is 23.9 Å². The smallest absolute Gasteiger partial charge is 0.247 e. The van der Waals surface area contributed by atoms with Crippen LogP contribution in [-0.2, 0) is 22.6 Å². The van der Waals surface area contributed by atoms with E-state index < -0.39 is 6.04 Å². The van der Waals surface area contributed by atoms with Crippen LogP contribution in [0.25, 0.3) is 0 Å². The molecule has 0 aliphatic carbocycles. The number of anilines is 1. The Bertz CT molecular complexity index is 832. The molecule has 0 unspecified atom stereocenters. The van der Waals surface area contributed by atoms with Gasteiger partial charge >= 0.3 is 0 Å². The van der Waals surface area contributed by atoms with Crippen LogP contribution in [0, 0.1) is 12.8 Å². The first-order valence-corrected chi connectivity index (χ1v) is 9.96. The van der Waals surface area contributed by atoms with Crippen molar-refractivity contribution in [2.75, 3.05) is 5.32 Å². The minimum Gasteiger partial charge on any atom is -0.343 e. The molecule has 28 heavy (non-hydrogen) atoms. The van der Waals surface area contributed by atoms with Gasteiger partial charge in [-0.2, -0.15) is 0 Å². The number of benzene rings is 2. The SMILES string of the molecule is CC[C@H](C)[C@H](NC(=O)[C@@H]1Cc2ccccc2CN1)C(=O)Nc1ccc(C)cc1. The minimum absolute atomic E-state index is 0.0327. The number of fused-ring (bicyclic) bond motifs is 1. The fourth-order valence-corrected chi connectivity index (χ4v) is 3.45. The number of hydrogen-bond donors (Lipinski definition) is 3. The number of aryl methyl sites for hydroxylation is 1. The summed E-state index contributed by atoms with van der Waals surface area (Å²) in [7, 11) is 0. The summed E-state index contributed by atoms with van der Waals surface area (Å²) >= 11 is 0. The maximum atomic E-state index is 12.9. The Morgan fingerprint density at radius 2 is 1.79 bits per heavy atom. The molecule has 148 valence electrons. The Labute approximate surface area is 166 Å². The molecule has 1 aliphatic rings. The van der Waals surface area contributed by atoms with E-state index >= 15 is 0 Å². The second kappa shape index (κ2) is 9.02. The van der Waals surface area contributed by atoms with E-state index in [2.05, 4.69) is 28.1 Å². The Balaban J connectivity index is 1.67. The average molecular weight is 380 g/mol. The molecule has 3 atom stereocenters. The van der Waals surface area contributed by atoms with Crippen molar-refractivity contribution >= 4 is 17.5 Å². The molecule has 2 aromatic carbocycles. The predicted molar refractivity (Wildman–Crippen MR) is 112 cm³/mol. The Morgan fingerprint density at radius 3 is 2.46 bits per heavy atom. The van der Waals surface area contributed by atoms with E-state index in [4.69, 9.17) is 0 Å². The second-order valence-corrected chi connectivity index (χ2v) is 7.63. The quantitative estimate of drug-likeness (QED) is 0.722. The van der Waals surface area contributed by atoms with Crippen molar-refractivity contribution in [3.8, 4) is 0 Å². The normalized spacial score (nSPS) is 17.9. The van der Waals surface area contributed by atoms with Gasteiger partial charge in [0.05, 0.1) is 6.04 Å². The first-order chi connectivity index (χ1) is 13.5. The van der Waals surface area contributed by atoms with Crippen molar-refractivity contribution in [2.45, 2.75) is 52.2 Å². The zero-order chi connectivity index (χ0) is 20.1. The van der Waals surface area contributed by atoms with Gasteiger partial charge in [-0.15, -0.1) is 0 Å². The lowest BCUT2D eigenvalue weighted by atomic mass is 9.94. The van der Waals surface area contributed by atoms with Crippen molar-refractivity contribution in [1.82, 2.24) is 10.6 Å². The molecular formula is C23H29N3O2. The summed E-state index contributed by atoms with van der Waals surface area (Å²) in [5, 5.41) is 9.21. The van der Waals surface area contributed by atoms with Gasteiger partial charge in [0, 0.05) is 12.2 Å². The second-order valence-electron chi connectivity index (χ2n) is 7.63. The number of nitrogens with one attached hydrogen (secondary N) is 3.